The van der Waals surface area contributed by atoms with Crippen LogP contribution in [0.2, 0.25) is 0 Å². The molecule has 0 unspecified atom stereocenters. The summed E-state index contributed by atoms with van der Waals surface area (Å²) in [6.07, 6.45) is 2.16. The number of aryl methyl sites for hydroxylation is 1. The van der Waals surface area contributed by atoms with Gasteiger partial charge in [-0.25, -0.2) is 4.39 Å². The summed E-state index contributed by atoms with van der Waals surface area (Å²) in [5.74, 6) is 0.417. The van der Waals surface area contributed by atoms with Crippen LogP contribution in [0.4, 0.5) is 4.39 Å². The summed E-state index contributed by atoms with van der Waals surface area (Å²) in [5, 5.41) is 0. The highest BCUT2D eigenvalue weighted by atomic mass is 32.1. The lowest BCUT2D eigenvalue weighted by atomic mass is 10.1. The van der Waals surface area contributed by atoms with Crippen molar-refractivity contribution in [2.75, 3.05) is 0 Å². The summed E-state index contributed by atoms with van der Waals surface area (Å²) < 4.78 is 19.0. The summed E-state index contributed by atoms with van der Waals surface area (Å²) in [6, 6.07) is 12.3. The molecule has 0 fully saturated rings. The molecule has 21 heavy (non-hydrogen) atoms. The van der Waals surface area contributed by atoms with E-state index in [9.17, 15) is 4.39 Å². The number of halogens is 1. The van der Waals surface area contributed by atoms with Gasteiger partial charge in [0.2, 0.25) is 0 Å². The number of benzene rings is 2. The maximum Gasteiger partial charge on any atom is 0.123 e. The normalized spacial score (nSPS) is 10.4. The fraction of sp³-hybridized carbons (Fsp3) is 0.235. The fourth-order valence-electron chi connectivity index (χ4n) is 2.12. The first-order valence-corrected chi connectivity index (χ1v) is 7.31. The summed E-state index contributed by atoms with van der Waals surface area (Å²) in [7, 11) is 0. The molecule has 0 aromatic heterocycles. The zero-order valence-corrected chi connectivity index (χ0v) is 12.8. The van der Waals surface area contributed by atoms with Crippen LogP contribution in [-0.4, -0.2) is 4.99 Å². The second kappa shape index (κ2) is 7.18. The maximum atomic E-state index is 13.3. The van der Waals surface area contributed by atoms with Crippen molar-refractivity contribution in [1.82, 2.24) is 0 Å². The molecule has 0 amide bonds. The third kappa shape index (κ3) is 4.26. The van der Waals surface area contributed by atoms with E-state index in [1.54, 1.807) is 6.07 Å². The van der Waals surface area contributed by atoms with Gasteiger partial charge in [0.1, 0.15) is 23.2 Å². The number of thiocarbonyl (C=S) groups is 1. The van der Waals surface area contributed by atoms with E-state index < -0.39 is 0 Å². The van der Waals surface area contributed by atoms with Crippen LogP contribution in [0.15, 0.2) is 42.5 Å². The molecular weight excluding hydrogens is 285 g/mol. The molecule has 0 saturated heterocycles. The smallest absolute Gasteiger partial charge is 0.123 e. The Morgan fingerprint density at radius 2 is 1.90 bits per heavy atom. The van der Waals surface area contributed by atoms with E-state index >= 15 is 0 Å². The zero-order valence-electron chi connectivity index (χ0n) is 11.9. The third-order valence-corrected chi connectivity index (χ3v) is 3.41. The Morgan fingerprint density at radius 1 is 1.19 bits per heavy atom. The molecule has 2 aromatic carbocycles. The highest BCUT2D eigenvalue weighted by molar-refractivity contribution is 7.80. The van der Waals surface area contributed by atoms with Gasteiger partial charge < -0.3 is 10.5 Å². The summed E-state index contributed by atoms with van der Waals surface area (Å²) >= 11 is 4.97. The van der Waals surface area contributed by atoms with E-state index in [1.165, 1.54) is 17.7 Å². The number of hydrogen-bond donors (Lipinski definition) is 1. The van der Waals surface area contributed by atoms with E-state index in [4.69, 9.17) is 22.7 Å². The van der Waals surface area contributed by atoms with E-state index in [-0.39, 0.29) is 17.4 Å². The lowest BCUT2D eigenvalue weighted by Crippen LogP contribution is -2.13. The first-order valence-electron chi connectivity index (χ1n) is 6.90. The molecule has 2 rings (SSSR count). The van der Waals surface area contributed by atoms with E-state index in [2.05, 4.69) is 6.92 Å². The molecule has 0 radical (unpaired) electrons. The first-order chi connectivity index (χ1) is 10.1. The van der Waals surface area contributed by atoms with Crippen LogP contribution in [0.3, 0.4) is 0 Å². The predicted octanol–water partition coefficient (Wildman–Crippen LogP) is 3.99. The van der Waals surface area contributed by atoms with Crippen molar-refractivity contribution in [3.63, 3.8) is 0 Å². The van der Waals surface area contributed by atoms with Gasteiger partial charge in [0.15, 0.2) is 0 Å². The van der Waals surface area contributed by atoms with Gasteiger partial charge in [-0.2, -0.15) is 0 Å². The monoisotopic (exact) mass is 303 g/mol. The molecule has 0 spiro atoms. The minimum Gasteiger partial charge on any atom is -0.489 e. The van der Waals surface area contributed by atoms with Crippen LogP contribution >= 0.6 is 12.2 Å². The minimum atomic E-state index is -0.327. The molecule has 2 N–H and O–H groups in total. The van der Waals surface area contributed by atoms with Gasteiger partial charge in [0.05, 0.1) is 0 Å². The maximum absolute atomic E-state index is 13.3. The highest BCUT2D eigenvalue weighted by Gasteiger charge is 2.07. The zero-order chi connectivity index (χ0) is 15.2. The third-order valence-electron chi connectivity index (χ3n) is 3.19. The Kier molecular flexibility index (Phi) is 5.28. The van der Waals surface area contributed by atoms with Gasteiger partial charge in [-0.15, -0.1) is 0 Å². The first kappa shape index (κ1) is 15.4. The van der Waals surface area contributed by atoms with E-state index in [1.807, 2.05) is 24.3 Å². The largest absolute Gasteiger partial charge is 0.489 e. The lowest BCUT2D eigenvalue weighted by molar-refractivity contribution is 0.305. The van der Waals surface area contributed by atoms with Crippen molar-refractivity contribution < 1.29 is 9.13 Å². The average molecular weight is 303 g/mol. The van der Waals surface area contributed by atoms with Gasteiger partial charge >= 0.3 is 0 Å². The Balaban J connectivity index is 2.08. The molecule has 0 saturated carbocycles. The van der Waals surface area contributed by atoms with Crippen LogP contribution in [-0.2, 0) is 13.0 Å². The molecule has 0 aliphatic rings. The summed E-state index contributed by atoms with van der Waals surface area (Å²) in [5.41, 5.74) is 8.22. The van der Waals surface area contributed by atoms with Crippen molar-refractivity contribution >= 4 is 17.2 Å². The number of rotatable bonds is 6. The van der Waals surface area contributed by atoms with Crippen LogP contribution in [0.25, 0.3) is 0 Å². The van der Waals surface area contributed by atoms with Crippen molar-refractivity contribution in [2.45, 2.75) is 26.4 Å². The molecule has 0 heterocycles. The van der Waals surface area contributed by atoms with Gasteiger partial charge in [-0.3, -0.25) is 0 Å². The quantitative estimate of drug-likeness (QED) is 0.820. The van der Waals surface area contributed by atoms with Crippen molar-refractivity contribution in [3.05, 3.63) is 65.0 Å². The molecule has 2 aromatic rings. The summed E-state index contributed by atoms with van der Waals surface area (Å²) in [4.78, 5) is 0.242. The Labute approximate surface area is 129 Å². The average Bonchev–Trinajstić information content (AvgIpc) is 2.46. The number of ether oxygens (including phenoxy) is 1. The van der Waals surface area contributed by atoms with Crippen LogP contribution in [0.5, 0.6) is 5.75 Å². The van der Waals surface area contributed by atoms with Crippen molar-refractivity contribution in [3.8, 4) is 5.75 Å². The van der Waals surface area contributed by atoms with Gasteiger partial charge in [-0.05, 0) is 42.3 Å². The molecule has 2 nitrogen and oxygen atoms in total. The number of nitrogens with two attached hydrogens (primary N) is 1. The van der Waals surface area contributed by atoms with E-state index in [0.29, 0.717) is 11.1 Å². The molecule has 0 atom stereocenters. The van der Waals surface area contributed by atoms with Crippen molar-refractivity contribution in [1.29, 1.82) is 0 Å². The predicted molar refractivity (Wildman–Crippen MR) is 87.1 cm³/mol. The van der Waals surface area contributed by atoms with Crippen molar-refractivity contribution in [2.24, 2.45) is 5.73 Å². The van der Waals surface area contributed by atoms with Gasteiger partial charge in [-0.1, -0.05) is 37.7 Å². The van der Waals surface area contributed by atoms with Crippen LogP contribution < -0.4 is 10.5 Å². The molecule has 4 heteroatoms. The van der Waals surface area contributed by atoms with Crippen LogP contribution in [0, 0.1) is 5.82 Å². The summed E-state index contributed by atoms with van der Waals surface area (Å²) in [6.45, 7) is 2.38. The molecule has 110 valence electrons. The molecular formula is C17H18FNOS. The van der Waals surface area contributed by atoms with E-state index in [0.717, 1.165) is 18.6 Å². The fourth-order valence-corrected chi connectivity index (χ4v) is 2.32. The molecule has 0 aliphatic heterocycles. The second-order valence-electron chi connectivity index (χ2n) is 4.85. The number of hydrogen-bond acceptors (Lipinski definition) is 2. The Bertz CT molecular complexity index is 625. The van der Waals surface area contributed by atoms with Gasteiger partial charge in [0.25, 0.3) is 0 Å². The minimum absolute atomic E-state index is 0.234. The highest BCUT2D eigenvalue weighted by Crippen LogP contribution is 2.18. The lowest BCUT2D eigenvalue weighted by Gasteiger charge is -2.11. The SMILES string of the molecule is CCCc1ccc(OCc2cc(F)ccc2C(N)=S)cc1. The van der Waals surface area contributed by atoms with Gasteiger partial charge in [0, 0.05) is 11.1 Å². The molecule has 0 bridgehead atoms. The Morgan fingerprint density at radius 3 is 2.52 bits per heavy atom. The second-order valence-corrected chi connectivity index (χ2v) is 5.29. The van der Waals surface area contributed by atoms with Crippen LogP contribution in [0.1, 0.15) is 30.0 Å². The standard InChI is InChI=1S/C17H18FNOS/c1-2-3-12-4-7-15(8-5-12)20-11-13-10-14(18)6-9-16(13)17(19)21/h4-10H,2-3,11H2,1H3,(H2,19,21). The Hall–Kier alpha value is -1.94. The topological polar surface area (TPSA) is 35.2 Å². The molecule has 0 aliphatic carbocycles.